The Morgan fingerprint density at radius 1 is 1.30 bits per heavy atom. The molecule has 0 aromatic heterocycles. The monoisotopic (exact) mass is 294 g/mol. The molecule has 1 amide bonds. The number of carbonyl (C=O) groups is 1. The maximum absolute atomic E-state index is 11.8. The van der Waals surface area contributed by atoms with Crippen LogP contribution in [0.2, 0.25) is 0 Å². The van der Waals surface area contributed by atoms with E-state index in [1.807, 2.05) is 7.05 Å². The molecule has 0 N–H and O–H groups in total. The minimum absolute atomic E-state index is 0.221. The van der Waals surface area contributed by atoms with E-state index in [9.17, 15) is 18.0 Å². The van der Waals surface area contributed by atoms with Crippen molar-refractivity contribution in [2.24, 2.45) is 0 Å². The average molecular weight is 294 g/mol. The van der Waals surface area contributed by atoms with Crippen molar-refractivity contribution in [2.75, 3.05) is 40.4 Å². The van der Waals surface area contributed by atoms with Crippen molar-refractivity contribution in [3.05, 3.63) is 12.2 Å². The molecule has 0 aromatic rings. The fourth-order valence-electron chi connectivity index (χ4n) is 1.63. The molecule has 0 radical (unpaired) electrons. The molecule has 0 bridgehead atoms. The van der Waals surface area contributed by atoms with Crippen molar-refractivity contribution >= 4 is 5.91 Å². The summed E-state index contributed by atoms with van der Waals surface area (Å²) in [6.45, 7) is -0.125. The van der Waals surface area contributed by atoms with Crippen LogP contribution in [-0.2, 0) is 9.53 Å². The molecule has 0 heterocycles. The molecule has 20 heavy (non-hydrogen) atoms. The van der Waals surface area contributed by atoms with E-state index in [1.54, 1.807) is 11.9 Å². The zero-order valence-corrected chi connectivity index (χ0v) is 11.8. The summed E-state index contributed by atoms with van der Waals surface area (Å²) in [4.78, 5) is 15.4. The van der Waals surface area contributed by atoms with Crippen molar-refractivity contribution in [3.63, 3.8) is 0 Å². The first-order chi connectivity index (χ1) is 9.29. The second-order valence-corrected chi connectivity index (χ2v) is 5.00. The van der Waals surface area contributed by atoms with Crippen molar-refractivity contribution in [1.29, 1.82) is 0 Å². The van der Waals surface area contributed by atoms with Crippen LogP contribution in [0.5, 0.6) is 0 Å². The van der Waals surface area contributed by atoms with Crippen LogP contribution in [0.3, 0.4) is 0 Å². The number of amides is 1. The highest BCUT2D eigenvalue weighted by molar-refractivity contribution is 5.87. The zero-order chi connectivity index (χ0) is 15.2. The molecule has 0 aromatic carbocycles. The van der Waals surface area contributed by atoms with E-state index in [2.05, 4.69) is 9.64 Å². The summed E-state index contributed by atoms with van der Waals surface area (Å²) < 4.78 is 39.7. The fourth-order valence-corrected chi connectivity index (χ4v) is 1.63. The van der Waals surface area contributed by atoms with Gasteiger partial charge >= 0.3 is 6.18 Å². The molecule has 4 nitrogen and oxygen atoms in total. The van der Waals surface area contributed by atoms with E-state index in [0.717, 1.165) is 6.54 Å². The lowest BCUT2D eigenvalue weighted by molar-refractivity contribution is -0.171. The van der Waals surface area contributed by atoms with Gasteiger partial charge in [0.05, 0.1) is 6.61 Å². The molecule has 116 valence electrons. The predicted molar refractivity (Wildman–Crippen MR) is 69.3 cm³/mol. The Morgan fingerprint density at radius 3 is 2.50 bits per heavy atom. The Balaban J connectivity index is 2.13. The second kappa shape index (κ2) is 7.64. The first-order valence-corrected chi connectivity index (χ1v) is 6.56. The molecule has 1 aliphatic carbocycles. The maximum atomic E-state index is 11.8. The standard InChI is InChI=1S/C13H21F3N2O2/c1-17(11-5-6-11)7-8-18(2)12(19)4-3-9-20-10-13(14,15)16/h3-4,11H,5-10H2,1-2H3. The number of likely N-dealkylation sites (N-methyl/N-ethyl adjacent to an activating group) is 2. The van der Waals surface area contributed by atoms with Crippen molar-refractivity contribution in [1.82, 2.24) is 9.80 Å². The van der Waals surface area contributed by atoms with Crippen LogP contribution >= 0.6 is 0 Å². The highest BCUT2D eigenvalue weighted by atomic mass is 19.4. The zero-order valence-electron chi connectivity index (χ0n) is 11.8. The van der Waals surface area contributed by atoms with E-state index in [1.165, 1.54) is 25.0 Å². The summed E-state index contributed by atoms with van der Waals surface area (Å²) in [5, 5.41) is 0. The SMILES string of the molecule is CN(CCN(C)C1CC1)C(=O)C=CCOCC(F)(F)F. The minimum atomic E-state index is -4.33. The summed E-state index contributed by atoms with van der Waals surface area (Å²) in [6.07, 6.45) is 0.639. The lowest BCUT2D eigenvalue weighted by Gasteiger charge is -2.20. The smallest absolute Gasteiger partial charge is 0.368 e. The lowest BCUT2D eigenvalue weighted by Crippen LogP contribution is -2.34. The largest absolute Gasteiger partial charge is 0.411 e. The minimum Gasteiger partial charge on any atom is -0.368 e. The molecule has 0 spiro atoms. The third-order valence-corrected chi connectivity index (χ3v) is 3.07. The summed E-state index contributed by atoms with van der Waals surface area (Å²) in [5.74, 6) is -0.232. The van der Waals surface area contributed by atoms with Gasteiger partial charge in [-0.25, -0.2) is 0 Å². The number of nitrogens with zero attached hydrogens (tertiary/aromatic N) is 2. The van der Waals surface area contributed by atoms with E-state index in [-0.39, 0.29) is 12.5 Å². The van der Waals surface area contributed by atoms with Gasteiger partial charge in [-0.2, -0.15) is 13.2 Å². The molecule has 0 atom stereocenters. The van der Waals surface area contributed by atoms with Gasteiger partial charge in [0.1, 0.15) is 6.61 Å². The summed E-state index contributed by atoms with van der Waals surface area (Å²) in [5.41, 5.74) is 0. The number of hydrogen-bond acceptors (Lipinski definition) is 3. The number of carbonyl (C=O) groups excluding carboxylic acids is 1. The van der Waals surface area contributed by atoms with E-state index in [0.29, 0.717) is 12.6 Å². The first kappa shape index (κ1) is 17.0. The van der Waals surface area contributed by atoms with Gasteiger partial charge in [0, 0.05) is 32.3 Å². The summed E-state index contributed by atoms with van der Waals surface area (Å²) >= 11 is 0. The quantitative estimate of drug-likeness (QED) is 0.504. The van der Waals surface area contributed by atoms with Gasteiger partial charge in [0.15, 0.2) is 0 Å². The van der Waals surface area contributed by atoms with Crippen molar-refractivity contribution in [2.45, 2.75) is 25.1 Å². The third kappa shape index (κ3) is 7.49. The topological polar surface area (TPSA) is 32.8 Å². The molecule has 1 saturated carbocycles. The van der Waals surface area contributed by atoms with E-state index < -0.39 is 12.8 Å². The molecule has 1 aliphatic rings. The highest BCUT2D eigenvalue weighted by Crippen LogP contribution is 2.24. The van der Waals surface area contributed by atoms with Crippen LogP contribution in [-0.4, -0.2) is 68.3 Å². The van der Waals surface area contributed by atoms with Crippen LogP contribution in [0.4, 0.5) is 13.2 Å². The van der Waals surface area contributed by atoms with E-state index in [4.69, 9.17) is 0 Å². The first-order valence-electron chi connectivity index (χ1n) is 6.56. The molecule has 0 unspecified atom stereocenters. The Morgan fingerprint density at radius 2 is 1.95 bits per heavy atom. The normalized spacial score (nSPS) is 16.1. The lowest BCUT2D eigenvalue weighted by atomic mass is 10.4. The van der Waals surface area contributed by atoms with Crippen LogP contribution in [0.15, 0.2) is 12.2 Å². The molecule has 1 rings (SSSR count). The van der Waals surface area contributed by atoms with Gasteiger partial charge < -0.3 is 14.5 Å². The van der Waals surface area contributed by atoms with Gasteiger partial charge in [0.2, 0.25) is 5.91 Å². The second-order valence-electron chi connectivity index (χ2n) is 5.00. The number of ether oxygens (including phenoxy) is 1. The Kier molecular flexibility index (Phi) is 6.48. The fraction of sp³-hybridized carbons (Fsp3) is 0.769. The molecular weight excluding hydrogens is 273 g/mol. The Bertz CT molecular complexity index is 341. The van der Waals surface area contributed by atoms with Crippen molar-refractivity contribution in [3.8, 4) is 0 Å². The average Bonchev–Trinajstić information content (AvgIpc) is 3.17. The number of hydrogen-bond donors (Lipinski definition) is 0. The highest BCUT2D eigenvalue weighted by Gasteiger charge is 2.27. The van der Waals surface area contributed by atoms with E-state index >= 15 is 0 Å². The van der Waals surface area contributed by atoms with Crippen molar-refractivity contribution < 1.29 is 22.7 Å². The Hall–Kier alpha value is -1.08. The molecule has 1 fully saturated rings. The van der Waals surface area contributed by atoms with Gasteiger partial charge in [0.25, 0.3) is 0 Å². The maximum Gasteiger partial charge on any atom is 0.411 e. The van der Waals surface area contributed by atoms with Gasteiger partial charge in [-0.05, 0) is 19.9 Å². The summed E-state index contributed by atoms with van der Waals surface area (Å²) in [6, 6.07) is 0.643. The molecule has 7 heteroatoms. The Labute approximate surface area is 117 Å². The number of rotatable bonds is 8. The molecule has 0 aliphatic heterocycles. The van der Waals surface area contributed by atoms with Gasteiger partial charge in [-0.3, -0.25) is 4.79 Å². The predicted octanol–water partition coefficient (Wildman–Crippen LogP) is 1.67. The van der Waals surface area contributed by atoms with Gasteiger partial charge in [-0.15, -0.1) is 0 Å². The van der Waals surface area contributed by atoms with Crippen LogP contribution < -0.4 is 0 Å². The van der Waals surface area contributed by atoms with Crippen LogP contribution in [0.25, 0.3) is 0 Å². The number of halogens is 3. The molecular formula is C13H21F3N2O2. The van der Waals surface area contributed by atoms with Crippen LogP contribution in [0, 0.1) is 0 Å². The van der Waals surface area contributed by atoms with Crippen LogP contribution in [0.1, 0.15) is 12.8 Å². The van der Waals surface area contributed by atoms with Gasteiger partial charge in [-0.1, -0.05) is 6.08 Å². The third-order valence-electron chi connectivity index (χ3n) is 3.07. The number of alkyl halides is 3. The molecule has 0 saturated heterocycles. The summed E-state index contributed by atoms with van der Waals surface area (Å²) in [7, 11) is 3.70.